The van der Waals surface area contributed by atoms with E-state index < -0.39 is 0 Å². The van der Waals surface area contributed by atoms with E-state index in [4.69, 9.17) is 16.1 Å². The molecule has 6 heteroatoms. The minimum Gasteiger partial charge on any atom is -0.339 e. The first-order chi connectivity index (χ1) is 11.1. The van der Waals surface area contributed by atoms with Gasteiger partial charge in [-0.25, -0.2) is 0 Å². The van der Waals surface area contributed by atoms with Crippen molar-refractivity contribution in [1.29, 1.82) is 0 Å². The zero-order valence-electron chi connectivity index (χ0n) is 12.4. The average molecular weight is 328 g/mol. The molecule has 3 aromatic rings. The first-order valence-corrected chi connectivity index (χ1v) is 7.43. The molecule has 1 heterocycles. The van der Waals surface area contributed by atoms with Gasteiger partial charge in [0.15, 0.2) is 5.82 Å². The second-order valence-electron chi connectivity index (χ2n) is 5.03. The van der Waals surface area contributed by atoms with Crippen LogP contribution >= 0.6 is 11.6 Å². The van der Waals surface area contributed by atoms with E-state index in [1.54, 1.807) is 31.2 Å². The lowest BCUT2D eigenvalue weighted by atomic mass is 10.1. The molecule has 0 aliphatic rings. The van der Waals surface area contributed by atoms with E-state index in [0.29, 0.717) is 34.4 Å². The van der Waals surface area contributed by atoms with E-state index in [2.05, 4.69) is 15.5 Å². The van der Waals surface area contributed by atoms with Gasteiger partial charge in [-0.2, -0.15) is 4.98 Å². The summed E-state index contributed by atoms with van der Waals surface area (Å²) in [5, 5.41) is 7.27. The van der Waals surface area contributed by atoms with Crippen LogP contribution in [0.3, 0.4) is 0 Å². The number of hydrogen-bond donors (Lipinski definition) is 1. The van der Waals surface area contributed by atoms with Gasteiger partial charge in [0.1, 0.15) is 0 Å². The van der Waals surface area contributed by atoms with Crippen LogP contribution in [0, 0.1) is 6.92 Å². The Morgan fingerprint density at radius 1 is 1.17 bits per heavy atom. The number of halogens is 1. The van der Waals surface area contributed by atoms with Crippen molar-refractivity contribution in [1.82, 2.24) is 10.1 Å². The number of nitrogens with one attached hydrogen (secondary N) is 1. The number of rotatable bonds is 4. The highest BCUT2D eigenvalue weighted by atomic mass is 35.5. The van der Waals surface area contributed by atoms with Crippen LogP contribution < -0.4 is 5.32 Å². The Labute approximate surface area is 138 Å². The van der Waals surface area contributed by atoms with Gasteiger partial charge in [0, 0.05) is 16.3 Å². The normalized spacial score (nSPS) is 10.5. The predicted molar refractivity (Wildman–Crippen MR) is 87.7 cm³/mol. The van der Waals surface area contributed by atoms with Crippen molar-refractivity contribution in [2.45, 2.75) is 13.3 Å². The minimum absolute atomic E-state index is 0.198. The molecule has 2 aromatic carbocycles. The molecule has 1 N–H and O–H groups in total. The number of anilines is 1. The minimum atomic E-state index is -0.198. The molecule has 0 unspecified atom stereocenters. The third kappa shape index (κ3) is 3.76. The Hall–Kier alpha value is -2.66. The summed E-state index contributed by atoms with van der Waals surface area (Å²) in [7, 11) is 0. The molecule has 0 aliphatic carbocycles. The molecule has 0 fully saturated rings. The maximum Gasteiger partial charge on any atom is 0.255 e. The van der Waals surface area contributed by atoms with Crippen molar-refractivity contribution >= 4 is 23.2 Å². The lowest BCUT2D eigenvalue weighted by Crippen LogP contribution is -2.13. The van der Waals surface area contributed by atoms with Gasteiger partial charge in [-0.15, -0.1) is 0 Å². The summed E-state index contributed by atoms with van der Waals surface area (Å²) in [4.78, 5) is 16.5. The highest BCUT2D eigenvalue weighted by Gasteiger charge is 2.11. The fourth-order valence-electron chi connectivity index (χ4n) is 2.17. The highest BCUT2D eigenvalue weighted by Crippen LogP contribution is 2.20. The molecule has 0 spiro atoms. The van der Waals surface area contributed by atoms with E-state index in [-0.39, 0.29) is 5.91 Å². The SMILES string of the molecule is Cc1noc(Cc2ccccc2NC(=O)c2ccc(Cl)cc2)n1. The van der Waals surface area contributed by atoms with Gasteiger partial charge in [0.05, 0.1) is 6.42 Å². The van der Waals surface area contributed by atoms with Crippen molar-refractivity contribution in [3.8, 4) is 0 Å². The summed E-state index contributed by atoms with van der Waals surface area (Å²) in [5.74, 6) is 0.897. The maximum atomic E-state index is 12.3. The summed E-state index contributed by atoms with van der Waals surface area (Å²) in [6.45, 7) is 1.77. The fraction of sp³-hybridized carbons (Fsp3) is 0.118. The highest BCUT2D eigenvalue weighted by molar-refractivity contribution is 6.30. The van der Waals surface area contributed by atoms with Crippen molar-refractivity contribution in [2.24, 2.45) is 0 Å². The maximum absolute atomic E-state index is 12.3. The number of carbonyl (C=O) groups excluding carboxylic acids is 1. The van der Waals surface area contributed by atoms with Crippen LogP contribution in [-0.2, 0) is 6.42 Å². The predicted octanol–water partition coefficient (Wildman–Crippen LogP) is 3.87. The second-order valence-corrected chi connectivity index (χ2v) is 5.47. The summed E-state index contributed by atoms with van der Waals surface area (Å²) in [6, 6.07) is 14.2. The molecule has 3 rings (SSSR count). The first-order valence-electron chi connectivity index (χ1n) is 7.06. The number of amides is 1. The Morgan fingerprint density at radius 2 is 1.91 bits per heavy atom. The van der Waals surface area contributed by atoms with E-state index in [0.717, 1.165) is 5.56 Å². The smallest absolute Gasteiger partial charge is 0.255 e. The van der Waals surface area contributed by atoms with Gasteiger partial charge in [-0.1, -0.05) is 35.0 Å². The van der Waals surface area contributed by atoms with Gasteiger partial charge < -0.3 is 9.84 Å². The van der Waals surface area contributed by atoms with Gasteiger partial charge in [0.25, 0.3) is 5.91 Å². The van der Waals surface area contributed by atoms with Gasteiger partial charge in [-0.05, 0) is 42.8 Å². The van der Waals surface area contributed by atoms with Crippen molar-refractivity contribution in [3.05, 3.63) is 76.4 Å². The standard InChI is InChI=1S/C17H14ClN3O2/c1-11-19-16(23-21-11)10-13-4-2-3-5-15(13)20-17(22)12-6-8-14(18)9-7-12/h2-9H,10H2,1H3,(H,20,22). The molecular weight excluding hydrogens is 314 g/mol. The van der Waals surface area contributed by atoms with E-state index >= 15 is 0 Å². The molecule has 0 radical (unpaired) electrons. The van der Waals surface area contributed by atoms with Gasteiger partial charge in [-0.3, -0.25) is 4.79 Å². The Balaban J connectivity index is 1.80. The first kappa shape index (κ1) is 15.2. The monoisotopic (exact) mass is 327 g/mol. The van der Waals surface area contributed by atoms with Crippen molar-refractivity contribution in [2.75, 3.05) is 5.32 Å². The molecule has 0 atom stereocenters. The summed E-state index contributed by atoms with van der Waals surface area (Å²) < 4.78 is 5.14. The third-order valence-corrected chi connectivity index (χ3v) is 3.54. The van der Waals surface area contributed by atoms with Crippen LogP contribution in [-0.4, -0.2) is 16.0 Å². The van der Waals surface area contributed by atoms with Crippen LogP contribution in [0.4, 0.5) is 5.69 Å². The number of carbonyl (C=O) groups is 1. The van der Waals surface area contributed by atoms with Gasteiger partial charge in [0.2, 0.25) is 5.89 Å². The average Bonchev–Trinajstić information content (AvgIpc) is 2.95. The topological polar surface area (TPSA) is 68.0 Å². The number of nitrogens with zero attached hydrogens (tertiary/aromatic N) is 2. The van der Waals surface area contributed by atoms with Crippen LogP contribution in [0.5, 0.6) is 0 Å². The third-order valence-electron chi connectivity index (χ3n) is 3.28. The lowest BCUT2D eigenvalue weighted by molar-refractivity contribution is 0.102. The van der Waals surface area contributed by atoms with Crippen LogP contribution in [0.15, 0.2) is 53.1 Å². The van der Waals surface area contributed by atoms with E-state index in [1.165, 1.54) is 0 Å². The number of para-hydroxylation sites is 1. The number of aryl methyl sites for hydroxylation is 1. The van der Waals surface area contributed by atoms with E-state index in [9.17, 15) is 4.79 Å². The summed E-state index contributed by atoms with van der Waals surface area (Å²) in [5.41, 5.74) is 2.15. The second kappa shape index (κ2) is 6.62. The molecule has 1 amide bonds. The Kier molecular flexibility index (Phi) is 4.39. The molecular formula is C17H14ClN3O2. The molecule has 1 aromatic heterocycles. The number of aromatic nitrogens is 2. The molecule has 5 nitrogen and oxygen atoms in total. The van der Waals surface area contributed by atoms with Crippen LogP contribution in [0.25, 0.3) is 0 Å². The van der Waals surface area contributed by atoms with Crippen LogP contribution in [0.1, 0.15) is 27.6 Å². The fourth-order valence-corrected chi connectivity index (χ4v) is 2.29. The lowest BCUT2D eigenvalue weighted by Gasteiger charge is -2.10. The molecule has 116 valence electrons. The van der Waals surface area contributed by atoms with Crippen molar-refractivity contribution < 1.29 is 9.32 Å². The van der Waals surface area contributed by atoms with E-state index in [1.807, 2.05) is 24.3 Å². The summed E-state index contributed by atoms with van der Waals surface area (Å²) in [6.07, 6.45) is 0.456. The molecule has 0 saturated heterocycles. The number of benzene rings is 2. The van der Waals surface area contributed by atoms with Gasteiger partial charge >= 0.3 is 0 Å². The van der Waals surface area contributed by atoms with Crippen molar-refractivity contribution in [3.63, 3.8) is 0 Å². The molecule has 0 bridgehead atoms. The zero-order chi connectivity index (χ0) is 16.2. The largest absolute Gasteiger partial charge is 0.339 e. The zero-order valence-corrected chi connectivity index (χ0v) is 13.2. The Bertz CT molecular complexity index is 828. The molecule has 23 heavy (non-hydrogen) atoms. The Morgan fingerprint density at radius 3 is 2.61 bits per heavy atom. The molecule has 0 saturated carbocycles. The summed E-state index contributed by atoms with van der Waals surface area (Å²) >= 11 is 5.84. The van der Waals surface area contributed by atoms with Crippen LogP contribution in [0.2, 0.25) is 5.02 Å². The number of hydrogen-bond acceptors (Lipinski definition) is 4. The quantitative estimate of drug-likeness (QED) is 0.789. The molecule has 0 aliphatic heterocycles.